The topological polar surface area (TPSA) is 42.0 Å². The fraction of sp³-hybridized carbons (Fsp3) is 0.750. The molecular weight excluding hydrogens is 431 g/mol. The Bertz CT molecular complexity index is 885. The van der Waals surface area contributed by atoms with Crippen LogP contribution in [0.3, 0.4) is 0 Å². The van der Waals surface area contributed by atoms with Crippen molar-refractivity contribution in [3.8, 4) is 5.75 Å². The third-order valence-electron chi connectivity index (χ3n) is 9.01. The number of para-hydroxylation sites is 1. The zero-order chi connectivity index (χ0) is 24.0. The lowest BCUT2D eigenvalue weighted by Crippen LogP contribution is -2.60. The van der Waals surface area contributed by atoms with Gasteiger partial charge in [-0.3, -0.25) is 4.79 Å². The molecule has 0 bridgehead atoms. The van der Waals surface area contributed by atoms with Crippen LogP contribution in [0.25, 0.3) is 0 Å². The van der Waals surface area contributed by atoms with E-state index in [9.17, 15) is 9.18 Å². The van der Waals surface area contributed by atoms with Gasteiger partial charge in [0.05, 0.1) is 12.2 Å². The van der Waals surface area contributed by atoms with Crippen molar-refractivity contribution in [1.82, 2.24) is 9.80 Å². The predicted octanol–water partition coefficient (Wildman–Crippen LogP) is 4.94. The lowest BCUT2D eigenvalue weighted by atomic mass is 9.77. The molecule has 1 amide bonds. The van der Waals surface area contributed by atoms with Gasteiger partial charge in [0.1, 0.15) is 5.75 Å². The molecule has 2 saturated heterocycles. The van der Waals surface area contributed by atoms with Crippen molar-refractivity contribution < 1.29 is 18.7 Å². The molecule has 2 aliphatic heterocycles. The predicted molar refractivity (Wildman–Crippen MR) is 131 cm³/mol. The summed E-state index contributed by atoms with van der Waals surface area (Å²) in [6.07, 6.45) is 7.56. The van der Waals surface area contributed by atoms with Crippen molar-refractivity contribution in [2.45, 2.75) is 88.4 Å². The summed E-state index contributed by atoms with van der Waals surface area (Å²) < 4.78 is 25.9. The zero-order valence-electron chi connectivity index (χ0n) is 21.2. The van der Waals surface area contributed by atoms with Crippen molar-refractivity contribution in [1.29, 1.82) is 0 Å². The minimum absolute atomic E-state index is 0.172. The number of nitrogens with zero attached hydrogens (tertiary/aromatic N) is 2. The van der Waals surface area contributed by atoms with Crippen LogP contribution < -0.4 is 4.74 Å². The number of piperidine rings is 1. The molecule has 1 spiro atoms. The number of carbonyl (C=O) groups excluding carboxylic acids is 1. The molecule has 0 aromatic heterocycles. The fourth-order valence-corrected chi connectivity index (χ4v) is 6.32. The van der Waals surface area contributed by atoms with Crippen molar-refractivity contribution in [2.24, 2.45) is 5.41 Å². The molecule has 5 nitrogen and oxygen atoms in total. The largest absolute Gasteiger partial charge is 0.493 e. The Morgan fingerprint density at radius 3 is 2.50 bits per heavy atom. The summed E-state index contributed by atoms with van der Waals surface area (Å²) in [7, 11) is 1.75. The molecule has 1 atom stereocenters. The third kappa shape index (κ3) is 4.86. The number of benzene rings is 1. The number of hydrogen-bond donors (Lipinski definition) is 0. The highest BCUT2D eigenvalue weighted by Crippen LogP contribution is 2.51. The first-order valence-corrected chi connectivity index (χ1v) is 13.2. The number of rotatable bonds is 8. The van der Waals surface area contributed by atoms with Gasteiger partial charge in [-0.05, 0) is 89.4 Å². The monoisotopic (exact) mass is 472 g/mol. The summed E-state index contributed by atoms with van der Waals surface area (Å²) >= 11 is 0. The van der Waals surface area contributed by atoms with E-state index in [0.29, 0.717) is 31.4 Å². The average molecular weight is 473 g/mol. The van der Waals surface area contributed by atoms with Crippen molar-refractivity contribution in [2.75, 3.05) is 39.9 Å². The maximum absolute atomic E-state index is 14.1. The smallest absolute Gasteiger partial charge is 0.260 e. The molecule has 34 heavy (non-hydrogen) atoms. The van der Waals surface area contributed by atoms with Gasteiger partial charge in [-0.1, -0.05) is 18.2 Å². The van der Waals surface area contributed by atoms with Crippen LogP contribution in [0.2, 0.25) is 0 Å². The minimum Gasteiger partial charge on any atom is -0.493 e. The highest BCUT2D eigenvalue weighted by atomic mass is 19.1. The van der Waals surface area contributed by atoms with Crippen molar-refractivity contribution in [3.63, 3.8) is 0 Å². The van der Waals surface area contributed by atoms with Crippen LogP contribution in [0.4, 0.5) is 4.39 Å². The normalized spacial score (nSPS) is 26.5. The lowest BCUT2D eigenvalue weighted by molar-refractivity contribution is -0.150. The van der Waals surface area contributed by atoms with Gasteiger partial charge >= 0.3 is 0 Å². The van der Waals surface area contributed by atoms with E-state index in [1.54, 1.807) is 12.0 Å². The minimum atomic E-state index is -1.51. The highest BCUT2D eigenvalue weighted by molar-refractivity contribution is 5.88. The summed E-state index contributed by atoms with van der Waals surface area (Å²) in [5.41, 5.74) is -0.0940. The molecule has 4 aliphatic rings. The fourth-order valence-electron chi connectivity index (χ4n) is 6.32. The Labute approximate surface area is 204 Å². The average Bonchev–Trinajstić information content (AvgIpc) is 3.41. The summed E-state index contributed by atoms with van der Waals surface area (Å²) in [6, 6.07) is 9.14. The van der Waals surface area contributed by atoms with Crippen LogP contribution in [-0.2, 0) is 9.53 Å². The molecule has 6 heteroatoms. The molecule has 0 unspecified atom stereocenters. The molecule has 2 saturated carbocycles. The van der Waals surface area contributed by atoms with Crippen molar-refractivity contribution >= 4 is 5.91 Å². The molecule has 1 aromatic carbocycles. The highest BCUT2D eigenvalue weighted by Gasteiger charge is 2.58. The van der Waals surface area contributed by atoms with E-state index in [1.165, 1.54) is 18.4 Å². The molecule has 5 rings (SSSR count). The maximum atomic E-state index is 14.1. The van der Waals surface area contributed by atoms with E-state index in [0.717, 1.165) is 57.6 Å². The zero-order valence-corrected chi connectivity index (χ0v) is 21.2. The number of methoxy groups -OCH3 is 1. The summed E-state index contributed by atoms with van der Waals surface area (Å²) in [5.74, 6) is 1.32. The second kappa shape index (κ2) is 9.09. The lowest BCUT2D eigenvalue weighted by Gasteiger charge is -2.49. The molecular formula is C28H41FN2O3. The summed E-state index contributed by atoms with van der Waals surface area (Å²) in [6.45, 7) is 8.62. The van der Waals surface area contributed by atoms with Crippen LogP contribution in [0.1, 0.15) is 76.7 Å². The number of alkyl halides is 1. The van der Waals surface area contributed by atoms with E-state index in [1.807, 2.05) is 0 Å². The van der Waals surface area contributed by atoms with Gasteiger partial charge in [0, 0.05) is 38.1 Å². The van der Waals surface area contributed by atoms with E-state index in [4.69, 9.17) is 9.47 Å². The second-order valence-electron chi connectivity index (χ2n) is 11.9. The molecule has 1 aromatic rings. The van der Waals surface area contributed by atoms with Gasteiger partial charge in [-0.15, -0.1) is 0 Å². The van der Waals surface area contributed by atoms with E-state index < -0.39 is 5.67 Å². The van der Waals surface area contributed by atoms with Gasteiger partial charge in [0.2, 0.25) is 0 Å². The Kier molecular flexibility index (Phi) is 6.43. The van der Waals surface area contributed by atoms with Gasteiger partial charge in [0.25, 0.3) is 5.91 Å². The second-order valence-corrected chi connectivity index (χ2v) is 11.9. The molecule has 0 radical (unpaired) electrons. The van der Waals surface area contributed by atoms with Crippen LogP contribution in [0, 0.1) is 5.41 Å². The van der Waals surface area contributed by atoms with Crippen LogP contribution in [0.15, 0.2) is 24.3 Å². The first-order chi connectivity index (χ1) is 16.2. The number of amides is 1. The number of carbonyl (C=O) groups is 1. The third-order valence-corrected chi connectivity index (χ3v) is 9.01. The Balaban J connectivity index is 1.10. The molecule has 0 N–H and O–H groups in total. The van der Waals surface area contributed by atoms with Gasteiger partial charge in [-0.25, -0.2) is 4.39 Å². The van der Waals surface area contributed by atoms with E-state index >= 15 is 0 Å². The van der Waals surface area contributed by atoms with Crippen LogP contribution in [-0.4, -0.2) is 72.9 Å². The molecule has 188 valence electrons. The quantitative estimate of drug-likeness (QED) is 0.537. The SMILES string of the molecule is COC(C)(C)CCOc1ccccc1C1CCN([C@H]2CCC3(C2)CN(C(=O)C2(F)CC2)C3)CC1. The maximum Gasteiger partial charge on any atom is 0.260 e. The standard InChI is InChI=1S/C28H41FN2O3/c1-26(2,33-3)14-17-34-24-7-5-4-6-23(24)21-9-15-30(16-10-21)22-8-11-27(18-22)19-31(20-27)25(32)28(29)12-13-28/h4-7,21-22H,8-20H2,1-3H3/t22-/m0/s1. The first-order valence-electron chi connectivity index (χ1n) is 13.2. The number of halogens is 1. The molecule has 2 aliphatic carbocycles. The van der Waals surface area contributed by atoms with Crippen molar-refractivity contribution in [3.05, 3.63) is 29.8 Å². The van der Waals surface area contributed by atoms with E-state index in [2.05, 4.69) is 43.0 Å². The van der Waals surface area contributed by atoms with Crippen LogP contribution >= 0.6 is 0 Å². The Morgan fingerprint density at radius 2 is 1.82 bits per heavy atom. The van der Waals surface area contributed by atoms with Gasteiger partial charge in [0.15, 0.2) is 5.67 Å². The summed E-state index contributed by atoms with van der Waals surface area (Å²) in [5, 5.41) is 0. The molecule has 4 fully saturated rings. The number of ether oxygens (including phenoxy) is 2. The Hall–Kier alpha value is -1.66. The van der Waals surface area contributed by atoms with Gasteiger partial charge in [-0.2, -0.15) is 0 Å². The molecule has 2 heterocycles. The van der Waals surface area contributed by atoms with Crippen LogP contribution in [0.5, 0.6) is 5.75 Å². The number of likely N-dealkylation sites (tertiary alicyclic amines) is 2. The van der Waals surface area contributed by atoms with E-state index in [-0.39, 0.29) is 16.9 Å². The van der Waals surface area contributed by atoms with Gasteiger partial charge < -0.3 is 19.3 Å². The summed E-state index contributed by atoms with van der Waals surface area (Å²) in [4.78, 5) is 16.7. The Morgan fingerprint density at radius 1 is 1.12 bits per heavy atom. The first kappa shape index (κ1) is 24.1. The number of hydrogen-bond acceptors (Lipinski definition) is 4.